The molecule has 1 aromatic carbocycles. The quantitative estimate of drug-likeness (QED) is 0.928. The maximum absolute atomic E-state index is 5.61. The van der Waals surface area contributed by atoms with Crippen LogP contribution in [0.5, 0.6) is 11.5 Å². The van der Waals surface area contributed by atoms with Gasteiger partial charge in [0.25, 0.3) is 0 Å². The molecule has 0 saturated carbocycles. The lowest BCUT2D eigenvalue weighted by atomic mass is 10.2. The van der Waals surface area contributed by atoms with Gasteiger partial charge in [-0.3, -0.25) is 0 Å². The molecule has 0 spiro atoms. The Morgan fingerprint density at radius 1 is 1.15 bits per heavy atom. The highest BCUT2D eigenvalue weighted by Crippen LogP contribution is 2.38. The largest absolute Gasteiger partial charge is 0.486 e. The van der Waals surface area contributed by atoms with E-state index in [1.54, 1.807) is 0 Å². The first-order valence-corrected chi connectivity index (χ1v) is 7.36. The maximum Gasteiger partial charge on any atom is 0.175 e. The molecule has 20 heavy (non-hydrogen) atoms. The topological polar surface area (TPSA) is 43.6 Å². The van der Waals surface area contributed by atoms with E-state index in [1.807, 2.05) is 31.2 Å². The summed E-state index contributed by atoms with van der Waals surface area (Å²) in [5.41, 5.74) is 1.14. The van der Waals surface area contributed by atoms with Crippen molar-refractivity contribution in [2.45, 2.75) is 20.0 Å². The van der Waals surface area contributed by atoms with Gasteiger partial charge in [-0.2, -0.15) is 0 Å². The Labute approximate surface area is 126 Å². The van der Waals surface area contributed by atoms with Gasteiger partial charge in [0.15, 0.2) is 11.5 Å². The lowest BCUT2D eigenvalue weighted by Gasteiger charge is -2.20. The lowest BCUT2D eigenvalue weighted by Crippen LogP contribution is -2.17. The van der Waals surface area contributed by atoms with Gasteiger partial charge < -0.3 is 19.2 Å². The highest BCUT2D eigenvalue weighted by atomic mass is 79.9. The smallest absolute Gasteiger partial charge is 0.175 e. The van der Waals surface area contributed by atoms with E-state index in [2.05, 4.69) is 21.2 Å². The number of ether oxygens (including phenoxy) is 2. The van der Waals surface area contributed by atoms with Gasteiger partial charge in [0.2, 0.25) is 0 Å². The van der Waals surface area contributed by atoms with Gasteiger partial charge in [-0.05, 0) is 52.7 Å². The standard InChI is InChI=1S/C15H16BrNO3/c1-10-2-3-12(20-10)9-17-8-11-6-13(16)15-14(7-11)18-4-5-19-15/h2-3,6-7,17H,4-5,8-9H2,1H3. The summed E-state index contributed by atoms with van der Waals surface area (Å²) in [4.78, 5) is 0. The number of furan rings is 1. The molecule has 4 nitrogen and oxygen atoms in total. The van der Waals surface area contributed by atoms with Crippen molar-refractivity contribution in [3.8, 4) is 11.5 Å². The Morgan fingerprint density at radius 3 is 2.80 bits per heavy atom. The van der Waals surface area contributed by atoms with Gasteiger partial charge in [-0.15, -0.1) is 0 Å². The summed E-state index contributed by atoms with van der Waals surface area (Å²) in [6.07, 6.45) is 0. The molecular weight excluding hydrogens is 322 g/mol. The number of nitrogens with one attached hydrogen (secondary N) is 1. The van der Waals surface area contributed by atoms with Gasteiger partial charge >= 0.3 is 0 Å². The van der Waals surface area contributed by atoms with Crippen molar-refractivity contribution in [3.05, 3.63) is 45.8 Å². The van der Waals surface area contributed by atoms with E-state index in [-0.39, 0.29) is 0 Å². The molecule has 3 rings (SSSR count). The fourth-order valence-electron chi connectivity index (χ4n) is 2.18. The van der Waals surface area contributed by atoms with Crippen LogP contribution in [0.1, 0.15) is 17.1 Å². The monoisotopic (exact) mass is 337 g/mol. The second kappa shape index (κ2) is 5.89. The number of aryl methyl sites for hydroxylation is 1. The molecule has 0 aliphatic carbocycles. The highest BCUT2D eigenvalue weighted by molar-refractivity contribution is 9.10. The molecular formula is C15H16BrNO3. The van der Waals surface area contributed by atoms with Gasteiger partial charge in [0, 0.05) is 6.54 Å². The zero-order chi connectivity index (χ0) is 13.9. The molecule has 1 aliphatic heterocycles. The molecule has 5 heteroatoms. The van der Waals surface area contributed by atoms with Crippen molar-refractivity contribution in [2.75, 3.05) is 13.2 Å². The molecule has 2 aromatic rings. The van der Waals surface area contributed by atoms with Crippen LogP contribution in [0.4, 0.5) is 0 Å². The molecule has 1 aliphatic rings. The lowest BCUT2D eigenvalue weighted by molar-refractivity contribution is 0.170. The van der Waals surface area contributed by atoms with Crippen molar-refractivity contribution in [2.24, 2.45) is 0 Å². The number of hydrogen-bond acceptors (Lipinski definition) is 4. The van der Waals surface area contributed by atoms with E-state index in [1.165, 1.54) is 0 Å². The first-order valence-electron chi connectivity index (χ1n) is 6.56. The first-order chi connectivity index (χ1) is 9.72. The van der Waals surface area contributed by atoms with Crippen LogP contribution < -0.4 is 14.8 Å². The van der Waals surface area contributed by atoms with Crippen molar-refractivity contribution in [1.29, 1.82) is 0 Å². The van der Waals surface area contributed by atoms with Gasteiger partial charge in [0.05, 0.1) is 11.0 Å². The molecule has 106 valence electrons. The van der Waals surface area contributed by atoms with E-state index in [0.29, 0.717) is 19.8 Å². The molecule has 2 heterocycles. The van der Waals surface area contributed by atoms with Crippen LogP contribution >= 0.6 is 15.9 Å². The molecule has 0 radical (unpaired) electrons. The first kappa shape index (κ1) is 13.5. The normalized spacial score (nSPS) is 13.5. The van der Waals surface area contributed by atoms with Gasteiger partial charge in [-0.1, -0.05) is 0 Å². The highest BCUT2D eigenvalue weighted by Gasteiger charge is 2.16. The minimum Gasteiger partial charge on any atom is -0.486 e. The van der Waals surface area contributed by atoms with Crippen LogP contribution in [-0.4, -0.2) is 13.2 Å². The Balaban J connectivity index is 1.64. The summed E-state index contributed by atoms with van der Waals surface area (Å²) in [6, 6.07) is 8.02. The van der Waals surface area contributed by atoms with Crippen LogP contribution in [0.15, 0.2) is 33.2 Å². The number of fused-ring (bicyclic) bond motifs is 1. The van der Waals surface area contributed by atoms with Crippen molar-refractivity contribution in [3.63, 3.8) is 0 Å². The molecule has 0 fully saturated rings. The average molecular weight is 338 g/mol. The molecule has 1 N–H and O–H groups in total. The number of halogens is 1. The Bertz CT molecular complexity index is 609. The molecule has 0 amide bonds. The summed E-state index contributed by atoms with van der Waals surface area (Å²) in [5, 5.41) is 3.35. The molecule has 0 bridgehead atoms. The van der Waals surface area contributed by atoms with Crippen molar-refractivity contribution < 1.29 is 13.9 Å². The second-order valence-electron chi connectivity index (χ2n) is 4.72. The van der Waals surface area contributed by atoms with E-state index >= 15 is 0 Å². The minimum absolute atomic E-state index is 0.598. The van der Waals surface area contributed by atoms with Crippen LogP contribution in [0.3, 0.4) is 0 Å². The van der Waals surface area contributed by atoms with Crippen LogP contribution in [0.25, 0.3) is 0 Å². The third kappa shape index (κ3) is 2.99. The maximum atomic E-state index is 5.61. The average Bonchev–Trinajstić information content (AvgIpc) is 2.85. The van der Waals surface area contributed by atoms with E-state index in [4.69, 9.17) is 13.9 Å². The second-order valence-corrected chi connectivity index (χ2v) is 5.57. The Hall–Kier alpha value is -1.46. The molecule has 0 saturated heterocycles. The SMILES string of the molecule is Cc1ccc(CNCc2cc(Br)c3c(c2)OCCO3)o1. The number of hydrogen-bond donors (Lipinski definition) is 1. The Kier molecular flexibility index (Phi) is 3.98. The predicted octanol–water partition coefficient (Wildman–Crippen LogP) is 3.41. The van der Waals surface area contributed by atoms with Crippen molar-refractivity contribution >= 4 is 15.9 Å². The third-order valence-corrected chi connectivity index (χ3v) is 3.67. The molecule has 0 atom stereocenters. The summed E-state index contributed by atoms with van der Waals surface area (Å²) in [5.74, 6) is 3.47. The zero-order valence-electron chi connectivity index (χ0n) is 11.2. The fourth-order valence-corrected chi connectivity index (χ4v) is 2.78. The van der Waals surface area contributed by atoms with Gasteiger partial charge in [-0.25, -0.2) is 0 Å². The van der Waals surface area contributed by atoms with E-state index in [0.717, 1.165) is 39.6 Å². The number of rotatable bonds is 4. The Morgan fingerprint density at radius 2 is 2.00 bits per heavy atom. The van der Waals surface area contributed by atoms with Crippen LogP contribution in [0, 0.1) is 6.92 Å². The summed E-state index contributed by atoms with van der Waals surface area (Å²) in [7, 11) is 0. The fraction of sp³-hybridized carbons (Fsp3) is 0.333. The van der Waals surface area contributed by atoms with E-state index in [9.17, 15) is 0 Å². The van der Waals surface area contributed by atoms with Crippen molar-refractivity contribution in [1.82, 2.24) is 5.32 Å². The summed E-state index contributed by atoms with van der Waals surface area (Å²) in [6.45, 7) is 4.60. The van der Waals surface area contributed by atoms with Gasteiger partial charge in [0.1, 0.15) is 24.7 Å². The minimum atomic E-state index is 0.598. The van der Waals surface area contributed by atoms with Crippen LogP contribution in [-0.2, 0) is 13.1 Å². The van der Waals surface area contributed by atoms with E-state index < -0.39 is 0 Å². The van der Waals surface area contributed by atoms with Crippen LogP contribution in [0.2, 0.25) is 0 Å². The zero-order valence-corrected chi connectivity index (χ0v) is 12.8. The molecule has 1 aromatic heterocycles. The predicted molar refractivity (Wildman–Crippen MR) is 79.1 cm³/mol. The summed E-state index contributed by atoms with van der Waals surface area (Å²) >= 11 is 3.52. The molecule has 0 unspecified atom stereocenters. The number of benzene rings is 1. The summed E-state index contributed by atoms with van der Waals surface area (Å²) < 4.78 is 17.6. The third-order valence-electron chi connectivity index (χ3n) is 3.08.